The molecule has 6 rings (SSSR count). The SMILES string of the molecule is CC12CCC(OC3OC(CO)C(O)C(O)C3N)C=C1CCC1C2CCC2(C)C(c3ccc(=O)oc3)CCC12O. The van der Waals surface area contributed by atoms with Gasteiger partial charge in [0.2, 0.25) is 0 Å². The van der Waals surface area contributed by atoms with Gasteiger partial charge in [-0.1, -0.05) is 25.5 Å². The van der Waals surface area contributed by atoms with Crippen molar-refractivity contribution in [3.63, 3.8) is 0 Å². The smallest absolute Gasteiger partial charge is 0.335 e. The van der Waals surface area contributed by atoms with E-state index in [-0.39, 0.29) is 34.4 Å². The van der Waals surface area contributed by atoms with Gasteiger partial charge >= 0.3 is 5.63 Å². The summed E-state index contributed by atoms with van der Waals surface area (Å²) in [7, 11) is 0. The van der Waals surface area contributed by atoms with Crippen LogP contribution in [0.3, 0.4) is 0 Å². The van der Waals surface area contributed by atoms with Crippen molar-refractivity contribution in [2.24, 2.45) is 28.4 Å². The van der Waals surface area contributed by atoms with E-state index in [9.17, 15) is 25.2 Å². The van der Waals surface area contributed by atoms with E-state index >= 15 is 0 Å². The van der Waals surface area contributed by atoms with Crippen LogP contribution in [0.2, 0.25) is 0 Å². The lowest BCUT2D eigenvalue weighted by molar-refractivity contribution is -0.275. The number of ether oxygens (including phenoxy) is 2. The molecule has 216 valence electrons. The molecule has 3 saturated carbocycles. The molecule has 4 aliphatic carbocycles. The number of rotatable bonds is 4. The Morgan fingerprint density at radius 3 is 2.56 bits per heavy atom. The van der Waals surface area contributed by atoms with Crippen LogP contribution in [-0.4, -0.2) is 69.4 Å². The van der Waals surface area contributed by atoms with Crippen LogP contribution in [0.1, 0.15) is 76.7 Å². The molecule has 12 unspecified atom stereocenters. The fourth-order valence-corrected chi connectivity index (χ4v) is 9.27. The first-order valence-corrected chi connectivity index (χ1v) is 14.6. The summed E-state index contributed by atoms with van der Waals surface area (Å²) in [4.78, 5) is 11.6. The summed E-state index contributed by atoms with van der Waals surface area (Å²) in [5.41, 5.74) is 7.07. The van der Waals surface area contributed by atoms with Gasteiger partial charge in [0.1, 0.15) is 18.3 Å². The van der Waals surface area contributed by atoms with E-state index in [0.717, 1.165) is 56.9 Å². The molecule has 12 atom stereocenters. The predicted molar refractivity (Wildman–Crippen MR) is 141 cm³/mol. The van der Waals surface area contributed by atoms with Crippen LogP contribution in [0.15, 0.2) is 39.3 Å². The molecular formula is C30H43NO8. The van der Waals surface area contributed by atoms with Crippen LogP contribution in [0.25, 0.3) is 0 Å². The average molecular weight is 546 g/mol. The second-order valence-corrected chi connectivity index (χ2v) is 13.2. The summed E-state index contributed by atoms with van der Waals surface area (Å²) < 4.78 is 17.1. The summed E-state index contributed by atoms with van der Waals surface area (Å²) in [6.45, 7) is 4.16. The highest BCUT2D eigenvalue weighted by Gasteiger charge is 2.66. The van der Waals surface area contributed by atoms with Gasteiger partial charge in [-0.05, 0) is 86.2 Å². The Morgan fingerprint density at radius 1 is 1.05 bits per heavy atom. The maximum Gasteiger partial charge on any atom is 0.335 e. The molecule has 1 saturated heterocycles. The Hall–Kier alpha value is -1.59. The van der Waals surface area contributed by atoms with E-state index in [2.05, 4.69) is 19.9 Å². The third-order valence-corrected chi connectivity index (χ3v) is 11.6. The van der Waals surface area contributed by atoms with E-state index in [0.29, 0.717) is 5.92 Å². The zero-order valence-electron chi connectivity index (χ0n) is 22.9. The largest absolute Gasteiger partial charge is 0.431 e. The van der Waals surface area contributed by atoms with E-state index in [1.807, 2.05) is 6.07 Å². The van der Waals surface area contributed by atoms with Crippen LogP contribution < -0.4 is 11.4 Å². The zero-order valence-corrected chi connectivity index (χ0v) is 22.9. The van der Waals surface area contributed by atoms with E-state index in [4.69, 9.17) is 19.6 Å². The topological polar surface area (TPSA) is 156 Å². The molecule has 0 radical (unpaired) electrons. The molecule has 1 aromatic heterocycles. The van der Waals surface area contributed by atoms with Gasteiger partial charge in [-0.2, -0.15) is 0 Å². The van der Waals surface area contributed by atoms with Crippen molar-refractivity contribution in [3.05, 3.63) is 46.0 Å². The van der Waals surface area contributed by atoms with Crippen molar-refractivity contribution in [1.29, 1.82) is 0 Å². The van der Waals surface area contributed by atoms with Crippen molar-refractivity contribution in [3.8, 4) is 0 Å². The molecule has 0 spiro atoms. The number of nitrogens with two attached hydrogens (primary N) is 1. The third kappa shape index (κ3) is 4.11. The predicted octanol–water partition coefficient (Wildman–Crippen LogP) is 1.95. The lowest BCUT2D eigenvalue weighted by atomic mass is 9.45. The van der Waals surface area contributed by atoms with Crippen molar-refractivity contribution in [2.45, 2.75) is 113 Å². The maximum absolute atomic E-state index is 12.4. The van der Waals surface area contributed by atoms with Crippen molar-refractivity contribution in [1.82, 2.24) is 0 Å². The van der Waals surface area contributed by atoms with Crippen LogP contribution >= 0.6 is 0 Å². The lowest BCUT2D eigenvalue weighted by Crippen LogP contribution is -2.63. The van der Waals surface area contributed by atoms with Gasteiger partial charge in [-0.15, -0.1) is 0 Å². The number of hydrogen-bond acceptors (Lipinski definition) is 9. The second kappa shape index (κ2) is 9.76. The number of aliphatic hydroxyl groups is 4. The van der Waals surface area contributed by atoms with E-state index < -0.39 is 42.9 Å². The molecule has 2 heterocycles. The van der Waals surface area contributed by atoms with Crippen LogP contribution in [0, 0.1) is 22.7 Å². The minimum absolute atomic E-state index is 0.0314. The number of hydrogen-bond donors (Lipinski definition) is 5. The monoisotopic (exact) mass is 545 g/mol. The summed E-state index contributed by atoms with van der Waals surface area (Å²) >= 11 is 0. The first-order valence-electron chi connectivity index (χ1n) is 14.6. The highest BCUT2D eigenvalue weighted by atomic mass is 16.7. The molecule has 9 nitrogen and oxygen atoms in total. The minimum Gasteiger partial charge on any atom is -0.431 e. The minimum atomic E-state index is -1.26. The summed E-state index contributed by atoms with van der Waals surface area (Å²) in [5, 5.41) is 42.4. The molecule has 1 aliphatic heterocycles. The zero-order chi connectivity index (χ0) is 27.7. The van der Waals surface area contributed by atoms with Gasteiger partial charge < -0.3 is 40.1 Å². The molecule has 0 aromatic carbocycles. The summed E-state index contributed by atoms with van der Waals surface area (Å²) in [6.07, 6.45) is 6.28. The molecule has 39 heavy (non-hydrogen) atoms. The van der Waals surface area contributed by atoms with Crippen LogP contribution in [-0.2, 0) is 9.47 Å². The fourth-order valence-electron chi connectivity index (χ4n) is 9.27. The Morgan fingerprint density at radius 2 is 1.85 bits per heavy atom. The average Bonchev–Trinajstić information content (AvgIpc) is 3.20. The normalized spacial score (nSPS) is 49.5. The maximum atomic E-state index is 12.4. The van der Waals surface area contributed by atoms with Gasteiger partial charge in [-0.25, -0.2) is 4.79 Å². The molecule has 0 bridgehead atoms. The fraction of sp³-hybridized carbons (Fsp3) is 0.767. The molecular weight excluding hydrogens is 502 g/mol. The first kappa shape index (κ1) is 27.6. The first-order chi connectivity index (χ1) is 18.5. The molecule has 4 fully saturated rings. The Labute approximate surface area is 229 Å². The molecule has 9 heteroatoms. The standard InChI is InChI=1S/C30H43NO8/c1-28-10-7-18(38-27-24(31)26(35)25(34)22(14-32)39-27)13-17(28)4-5-21-20(28)8-11-29(2)19(9-12-30(21,29)36)16-3-6-23(33)37-15-16/h3,6,13,15,18-22,24-27,32,34-36H,4-5,7-12,14,31H2,1-2H3. The molecule has 6 N–H and O–H groups in total. The van der Waals surface area contributed by atoms with Crippen LogP contribution in [0.4, 0.5) is 0 Å². The number of fused-ring (bicyclic) bond motifs is 5. The third-order valence-electron chi connectivity index (χ3n) is 11.6. The summed E-state index contributed by atoms with van der Waals surface area (Å²) in [6, 6.07) is 2.44. The van der Waals surface area contributed by atoms with E-state index in [1.165, 1.54) is 11.6 Å². The van der Waals surface area contributed by atoms with E-state index in [1.54, 1.807) is 6.26 Å². The van der Waals surface area contributed by atoms with Crippen LogP contribution in [0.5, 0.6) is 0 Å². The Balaban J connectivity index is 1.21. The van der Waals surface area contributed by atoms with Gasteiger partial charge in [-0.3, -0.25) is 0 Å². The van der Waals surface area contributed by atoms with Gasteiger partial charge in [0.25, 0.3) is 0 Å². The molecule has 0 amide bonds. The quantitative estimate of drug-likeness (QED) is 0.357. The number of allylic oxidation sites excluding steroid dienone is 1. The lowest BCUT2D eigenvalue weighted by Gasteiger charge is -2.62. The van der Waals surface area contributed by atoms with Crippen molar-refractivity contribution in [2.75, 3.05) is 6.61 Å². The van der Waals surface area contributed by atoms with Crippen molar-refractivity contribution >= 4 is 0 Å². The highest BCUT2D eigenvalue weighted by molar-refractivity contribution is 5.31. The molecule has 1 aromatic rings. The summed E-state index contributed by atoms with van der Waals surface area (Å²) in [5.74, 6) is 0.736. The van der Waals surface area contributed by atoms with Gasteiger partial charge in [0, 0.05) is 11.5 Å². The van der Waals surface area contributed by atoms with Crippen molar-refractivity contribution < 1.29 is 34.3 Å². The second-order valence-electron chi connectivity index (χ2n) is 13.2. The van der Waals surface area contributed by atoms with Gasteiger partial charge in [0.05, 0.1) is 30.6 Å². The highest BCUT2D eigenvalue weighted by Crippen LogP contribution is 2.70. The number of aliphatic hydroxyl groups excluding tert-OH is 3. The van der Waals surface area contributed by atoms with Gasteiger partial charge in [0.15, 0.2) is 6.29 Å². The molecule has 5 aliphatic rings. The Bertz CT molecular complexity index is 1150. The Kier molecular flexibility index (Phi) is 6.90.